The van der Waals surface area contributed by atoms with Gasteiger partial charge in [-0.25, -0.2) is 0 Å². The number of aryl methyl sites for hydroxylation is 1. The molecule has 0 aliphatic heterocycles. The van der Waals surface area contributed by atoms with Crippen LogP contribution in [0.2, 0.25) is 0 Å². The number of hydrogen-bond acceptors (Lipinski definition) is 2. The van der Waals surface area contributed by atoms with Gasteiger partial charge < -0.3 is 0 Å². The van der Waals surface area contributed by atoms with Crippen LogP contribution in [-0.2, 0) is 4.79 Å². The Morgan fingerprint density at radius 1 is 1.33 bits per heavy atom. The molecule has 0 bridgehead atoms. The molecular weight excluding hydrogens is 186 g/mol. The van der Waals surface area contributed by atoms with Crippen LogP contribution in [0.3, 0.4) is 0 Å². The van der Waals surface area contributed by atoms with Crippen LogP contribution in [0, 0.1) is 13.8 Å². The van der Waals surface area contributed by atoms with Gasteiger partial charge in [0.1, 0.15) is 5.71 Å². The number of hydrogen-bond donors (Lipinski definition) is 0. The van der Waals surface area contributed by atoms with Crippen LogP contribution in [0.4, 0.5) is 0 Å². The van der Waals surface area contributed by atoms with E-state index >= 15 is 0 Å². The average molecular weight is 203 g/mol. The summed E-state index contributed by atoms with van der Waals surface area (Å²) in [4.78, 5) is 15.7. The van der Waals surface area contributed by atoms with Gasteiger partial charge in [-0.15, -0.1) is 0 Å². The van der Waals surface area contributed by atoms with Crippen molar-refractivity contribution in [2.24, 2.45) is 4.99 Å². The Hall–Kier alpha value is -1.44. The minimum Gasteiger partial charge on any atom is -0.293 e. The van der Waals surface area contributed by atoms with Crippen molar-refractivity contribution in [2.45, 2.75) is 27.7 Å². The highest BCUT2D eigenvalue weighted by Crippen LogP contribution is 2.14. The number of rotatable bonds is 3. The second-order valence-electron chi connectivity index (χ2n) is 3.63. The molecule has 1 aromatic carbocycles. The molecule has 0 fully saturated rings. The molecule has 2 nitrogen and oxygen atoms in total. The quantitative estimate of drug-likeness (QED) is 0.694. The summed E-state index contributed by atoms with van der Waals surface area (Å²) in [6, 6.07) is 5.96. The van der Waals surface area contributed by atoms with E-state index in [-0.39, 0.29) is 5.78 Å². The molecule has 15 heavy (non-hydrogen) atoms. The van der Waals surface area contributed by atoms with E-state index in [1.807, 2.05) is 39.0 Å². The number of Topliss-reactive ketones (excluding diaryl/α,β-unsaturated/α-hetero) is 1. The molecule has 1 rings (SSSR count). The summed E-state index contributed by atoms with van der Waals surface area (Å²) in [5.74, 6) is 0.0329. The van der Waals surface area contributed by atoms with E-state index in [4.69, 9.17) is 0 Å². The van der Waals surface area contributed by atoms with Crippen LogP contribution in [0.25, 0.3) is 0 Å². The Kier molecular flexibility index (Phi) is 3.78. The number of benzene rings is 1. The molecule has 0 unspecified atom stereocenters. The predicted molar refractivity (Wildman–Crippen MR) is 63.7 cm³/mol. The second-order valence-corrected chi connectivity index (χ2v) is 3.63. The molecule has 0 aliphatic rings. The fraction of sp³-hybridized carbons (Fsp3) is 0.385. The summed E-state index contributed by atoms with van der Waals surface area (Å²) in [6.07, 6.45) is 0. The first-order chi connectivity index (χ1) is 7.07. The van der Waals surface area contributed by atoms with Crippen molar-refractivity contribution in [2.75, 3.05) is 6.54 Å². The highest BCUT2D eigenvalue weighted by molar-refractivity contribution is 6.45. The van der Waals surface area contributed by atoms with Gasteiger partial charge in [0.2, 0.25) is 0 Å². The van der Waals surface area contributed by atoms with Crippen molar-refractivity contribution in [3.63, 3.8) is 0 Å². The number of nitrogens with zero attached hydrogens (tertiary/aromatic N) is 1. The molecule has 0 atom stereocenters. The Labute approximate surface area is 91.0 Å². The standard InChI is InChI=1S/C13H17NO/c1-5-14-13(11(4)15)12-8-6-7-9(2)10(12)3/h6-8H,5H2,1-4H3. The average Bonchev–Trinajstić information content (AvgIpc) is 2.19. The molecule has 1 aromatic rings. The monoisotopic (exact) mass is 203 g/mol. The fourth-order valence-corrected chi connectivity index (χ4v) is 1.55. The van der Waals surface area contributed by atoms with E-state index in [0.29, 0.717) is 12.3 Å². The van der Waals surface area contributed by atoms with Crippen molar-refractivity contribution < 1.29 is 4.79 Å². The van der Waals surface area contributed by atoms with Crippen LogP contribution in [0.15, 0.2) is 23.2 Å². The minimum absolute atomic E-state index is 0.0329. The van der Waals surface area contributed by atoms with Gasteiger partial charge in [0.15, 0.2) is 5.78 Å². The molecule has 0 saturated heterocycles. The van der Waals surface area contributed by atoms with E-state index in [0.717, 1.165) is 11.1 Å². The van der Waals surface area contributed by atoms with Gasteiger partial charge >= 0.3 is 0 Å². The van der Waals surface area contributed by atoms with Gasteiger partial charge in [-0.1, -0.05) is 18.2 Å². The van der Waals surface area contributed by atoms with Gasteiger partial charge in [0.05, 0.1) is 0 Å². The van der Waals surface area contributed by atoms with Crippen molar-refractivity contribution in [3.8, 4) is 0 Å². The summed E-state index contributed by atoms with van der Waals surface area (Å²) < 4.78 is 0. The Balaban J connectivity index is 3.30. The van der Waals surface area contributed by atoms with E-state index < -0.39 is 0 Å². The molecule has 80 valence electrons. The zero-order chi connectivity index (χ0) is 11.4. The third-order valence-corrected chi connectivity index (χ3v) is 2.51. The van der Waals surface area contributed by atoms with E-state index in [2.05, 4.69) is 4.99 Å². The zero-order valence-electron chi connectivity index (χ0n) is 9.79. The molecule has 0 saturated carbocycles. The first kappa shape index (κ1) is 11.6. The highest BCUT2D eigenvalue weighted by Gasteiger charge is 2.11. The van der Waals surface area contributed by atoms with Crippen molar-refractivity contribution in [3.05, 3.63) is 34.9 Å². The lowest BCUT2D eigenvalue weighted by Crippen LogP contribution is -2.14. The molecule has 0 radical (unpaired) electrons. The molecule has 0 spiro atoms. The molecule has 0 aromatic heterocycles. The van der Waals surface area contributed by atoms with Crippen molar-refractivity contribution >= 4 is 11.5 Å². The molecule has 0 heterocycles. The third kappa shape index (κ3) is 2.52. The van der Waals surface area contributed by atoms with Gasteiger partial charge in [-0.3, -0.25) is 9.79 Å². The summed E-state index contributed by atoms with van der Waals surface area (Å²) in [7, 11) is 0. The molecule has 0 amide bonds. The summed E-state index contributed by atoms with van der Waals surface area (Å²) in [5.41, 5.74) is 3.89. The minimum atomic E-state index is 0.0329. The van der Waals surface area contributed by atoms with Gasteiger partial charge in [-0.2, -0.15) is 0 Å². The first-order valence-corrected chi connectivity index (χ1v) is 5.20. The van der Waals surface area contributed by atoms with Crippen LogP contribution >= 0.6 is 0 Å². The normalized spacial score (nSPS) is 11.6. The van der Waals surface area contributed by atoms with E-state index in [1.54, 1.807) is 6.92 Å². The lowest BCUT2D eigenvalue weighted by Gasteiger charge is -2.08. The maximum Gasteiger partial charge on any atom is 0.178 e. The van der Waals surface area contributed by atoms with Gasteiger partial charge in [-0.05, 0) is 31.9 Å². The van der Waals surface area contributed by atoms with Crippen LogP contribution in [0.1, 0.15) is 30.5 Å². The first-order valence-electron chi connectivity index (χ1n) is 5.20. The predicted octanol–water partition coefficient (Wildman–Crippen LogP) is 2.70. The lowest BCUT2D eigenvalue weighted by molar-refractivity contribution is -0.111. The molecule has 2 heteroatoms. The largest absolute Gasteiger partial charge is 0.293 e. The smallest absolute Gasteiger partial charge is 0.178 e. The van der Waals surface area contributed by atoms with Gasteiger partial charge in [0.25, 0.3) is 0 Å². The van der Waals surface area contributed by atoms with Crippen molar-refractivity contribution in [1.82, 2.24) is 0 Å². The molecular formula is C13H17NO. The van der Waals surface area contributed by atoms with Crippen LogP contribution in [-0.4, -0.2) is 18.0 Å². The summed E-state index contributed by atoms with van der Waals surface area (Å²) >= 11 is 0. The topological polar surface area (TPSA) is 29.4 Å². The molecule has 0 aliphatic carbocycles. The fourth-order valence-electron chi connectivity index (χ4n) is 1.55. The Morgan fingerprint density at radius 3 is 2.53 bits per heavy atom. The molecule has 0 N–H and O–H groups in total. The highest BCUT2D eigenvalue weighted by atomic mass is 16.1. The SMILES string of the molecule is CCN=C(C(C)=O)c1cccc(C)c1C. The third-order valence-electron chi connectivity index (χ3n) is 2.51. The van der Waals surface area contributed by atoms with Crippen molar-refractivity contribution in [1.29, 1.82) is 0 Å². The lowest BCUT2D eigenvalue weighted by atomic mass is 9.98. The van der Waals surface area contributed by atoms with Crippen LogP contribution < -0.4 is 0 Å². The zero-order valence-corrected chi connectivity index (χ0v) is 9.79. The number of carbonyl (C=O) groups is 1. The number of carbonyl (C=O) groups excluding carboxylic acids is 1. The van der Waals surface area contributed by atoms with Gasteiger partial charge in [0, 0.05) is 19.0 Å². The van der Waals surface area contributed by atoms with E-state index in [9.17, 15) is 4.79 Å². The van der Waals surface area contributed by atoms with Crippen LogP contribution in [0.5, 0.6) is 0 Å². The second kappa shape index (κ2) is 4.87. The summed E-state index contributed by atoms with van der Waals surface area (Å²) in [6.45, 7) is 8.22. The maximum atomic E-state index is 11.5. The number of ketones is 1. The van der Waals surface area contributed by atoms with E-state index in [1.165, 1.54) is 5.56 Å². The Morgan fingerprint density at radius 2 is 2.00 bits per heavy atom. The maximum absolute atomic E-state index is 11.5. The Bertz CT molecular complexity index is 405. The summed E-state index contributed by atoms with van der Waals surface area (Å²) in [5, 5.41) is 0. The number of aliphatic imine (C=N–C) groups is 1.